The minimum Gasteiger partial charge on any atom is -0.449 e. The van der Waals surface area contributed by atoms with Crippen LogP contribution in [0.2, 0.25) is 5.31 Å². The van der Waals surface area contributed by atoms with Gasteiger partial charge in [0.05, 0.1) is 0 Å². The van der Waals surface area contributed by atoms with Gasteiger partial charge in [-0.1, -0.05) is 43.3 Å². The van der Waals surface area contributed by atoms with Crippen LogP contribution in [0.5, 0.6) is 0 Å². The van der Waals surface area contributed by atoms with Gasteiger partial charge in [-0.2, -0.15) is 0 Å². The summed E-state index contributed by atoms with van der Waals surface area (Å²) >= 11 is 0. The third-order valence-corrected chi connectivity index (χ3v) is 3.38. The molecule has 12 heavy (non-hydrogen) atoms. The van der Waals surface area contributed by atoms with Crippen molar-refractivity contribution >= 4 is 6.98 Å². The van der Waals surface area contributed by atoms with Crippen molar-refractivity contribution in [3.8, 4) is 0 Å². The molecule has 2 rings (SSSR count). The van der Waals surface area contributed by atoms with Gasteiger partial charge in [0.1, 0.15) is 0 Å². The van der Waals surface area contributed by atoms with Crippen molar-refractivity contribution in [3.63, 3.8) is 0 Å². The summed E-state index contributed by atoms with van der Waals surface area (Å²) in [6.45, 7) is -4.54. The minimum absolute atomic E-state index is 0. The van der Waals surface area contributed by atoms with Gasteiger partial charge in [0, 0.05) is 0 Å². The Bertz CT molecular complexity index is 182. The fraction of sp³-hybridized carbons (Fsp3) is 1.00. The molecule has 5 heteroatoms. The summed E-state index contributed by atoms with van der Waals surface area (Å²) in [7, 11) is 0. The molecular formula is C7H11BF3K. The van der Waals surface area contributed by atoms with Gasteiger partial charge >= 0.3 is 58.4 Å². The zero-order chi connectivity index (χ0) is 8.11. The second-order valence-corrected chi connectivity index (χ2v) is 3.95. The monoisotopic (exact) mass is 202 g/mol. The van der Waals surface area contributed by atoms with Crippen molar-refractivity contribution in [3.05, 3.63) is 0 Å². The van der Waals surface area contributed by atoms with Gasteiger partial charge in [0.2, 0.25) is 0 Å². The van der Waals surface area contributed by atoms with E-state index in [4.69, 9.17) is 0 Å². The van der Waals surface area contributed by atoms with Crippen molar-refractivity contribution in [2.45, 2.75) is 37.4 Å². The Labute approximate surface area is 113 Å². The van der Waals surface area contributed by atoms with E-state index >= 15 is 0 Å². The number of hydrogen-bond donors (Lipinski definition) is 0. The van der Waals surface area contributed by atoms with Crippen LogP contribution in [0.1, 0.15) is 32.1 Å². The Morgan fingerprint density at radius 2 is 1.83 bits per heavy atom. The Morgan fingerprint density at radius 3 is 2.25 bits per heavy atom. The summed E-state index contributed by atoms with van der Waals surface area (Å²) in [6.07, 6.45) is 3.48. The van der Waals surface area contributed by atoms with Crippen molar-refractivity contribution < 1.29 is 64.3 Å². The van der Waals surface area contributed by atoms with Gasteiger partial charge in [-0.15, -0.1) is 0 Å². The van der Waals surface area contributed by atoms with E-state index in [1.165, 1.54) is 0 Å². The first-order valence-electron chi connectivity index (χ1n) is 4.26. The van der Waals surface area contributed by atoms with Crippen molar-refractivity contribution in [2.75, 3.05) is 0 Å². The summed E-state index contributed by atoms with van der Waals surface area (Å²) in [5.41, 5.74) is 0. The fourth-order valence-corrected chi connectivity index (χ4v) is 2.50. The number of halogens is 3. The maximum absolute atomic E-state index is 12.4. The van der Waals surface area contributed by atoms with Crippen LogP contribution in [0.25, 0.3) is 0 Å². The average Bonchev–Trinajstić information content (AvgIpc) is 2.59. The molecule has 0 aromatic heterocycles. The molecule has 0 bridgehead atoms. The molecule has 0 nitrogen and oxygen atoms in total. The molecule has 0 aromatic carbocycles. The van der Waals surface area contributed by atoms with E-state index in [0.717, 1.165) is 19.3 Å². The predicted octanol–water partition coefficient (Wildman–Crippen LogP) is 0.172. The first-order valence-corrected chi connectivity index (χ1v) is 4.26. The van der Waals surface area contributed by atoms with E-state index in [-0.39, 0.29) is 57.3 Å². The maximum atomic E-state index is 12.4. The van der Waals surface area contributed by atoms with Gasteiger partial charge in [-0.05, 0) is 0 Å². The molecule has 2 fully saturated rings. The van der Waals surface area contributed by atoms with Crippen LogP contribution in [0.3, 0.4) is 0 Å². The second-order valence-electron chi connectivity index (χ2n) is 3.95. The van der Waals surface area contributed by atoms with Crippen LogP contribution in [-0.4, -0.2) is 6.98 Å². The van der Waals surface area contributed by atoms with Crippen LogP contribution >= 0.6 is 0 Å². The van der Waals surface area contributed by atoms with Gasteiger partial charge in [0.25, 0.3) is 0 Å². The second kappa shape index (κ2) is 3.57. The molecule has 0 radical (unpaired) electrons. The molecule has 0 aromatic rings. The summed E-state index contributed by atoms with van der Waals surface area (Å²) in [5.74, 6) is 0.0104. The van der Waals surface area contributed by atoms with E-state index < -0.39 is 12.3 Å². The Kier molecular flexibility index (Phi) is 3.44. The average molecular weight is 202 g/mol. The molecule has 2 aliphatic rings. The molecular weight excluding hydrogens is 191 g/mol. The van der Waals surface area contributed by atoms with Crippen LogP contribution < -0.4 is 51.4 Å². The van der Waals surface area contributed by atoms with Gasteiger partial charge in [-0.25, -0.2) is 0 Å². The van der Waals surface area contributed by atoms with Crippen LogP contribution in [0, 0.1) is 5.92 Å². The minimum atomic E-state index is -4.54. The van der Waals surface area contributed by atoms with Crippen LogP contribution in [0.15, 0.2) is 0 Å². The van der Waals surface area contributed by atoms with Gasteiger partial charge in [-0.3, -0.25) is 0 Å². The molecule has 2 saturated carbocycles. The zero-order valence-corrected chi connectivity index (χ0v) is 10.4. The topological polar surface area (TPSA) is 0 Å². The summed E-state index contributed by atoms with van der Waals surface area (Å²) < 4.78 is 37.3. The molecule has 64 valence electrons. The normalized spacial score (nSPS) is 39.8. The maximum Gasteiger partial charge on any atom is 1.00 e. The quantitative estimate of drug-likeness (QED) is 0.532. The van der Waals surface area contributed by atoms with Crippen LogP contribution in [0.4, 0.5) is 12.9 Å². The molecule has 2 aliphatic carbocycles. The SMILES string of the molecule is F[B-](F)(F)C12CCCCC1C2.[K+]. The molecule has 0 aliphatic heterocycles. The smallest absolute Gasteiger partial charge is 0.449 e. The number of fused-ring (bicyclic) bond motifs is 1. The predicted molar refractivity (Wildman–Crippen MR) is 38.3 cm³/mol. The Balaban J connectivity index is 0.000000720. The van der Waals surface area contributed by atoms with Crippen LogP contribution in [-0.2, 0) is 0 Å². The first kappa shape index (κ1) is 11.6. The van der Waals surface area contributed by atoms with Gasteiger partial charge < -0.3 is 12.9 Å². The molecule has 0 spiro atoms. The first-order chi connectivity index (χ1) is 5.06. The molecule has 2 atom stereocenters. The van der Waals surface area contributed by atoms with Crippen molar-refractivity contribution in [1.29, 1.82) is 0 Å². The summed E-state index contributed by atoms with van der Waals surface area (Å²) in [4.78, 5) is 0. The molecule has 0 heterocycles. The van der Waals surface area contributed by atoms with Gasteiger partial charge in [0.15, 0.2) is 0 Å². The molecule has 2 unspecified atom stereocenters. The van der Waals surface area contributed by atoms with E-state index in [0.29, 0.717) is 12.8 Å². The third-order valence-electron chi connectivity index (χ3n) is 3.38. The van der Waals surface area contributed by atoms with Crippen molar-refractivity contribution in [2.24, 2.45) is 5.92 Å². The zero-order valence-electron chi connectivity index (χ0n) is 7.32. The third kappa shape index (κ3) is 1.67. The molecule has 0 N–H and O–H groups in total. The Hall–Kier alpha value is 1.49. The standard InChI is InChI=1S/C7H11BF3.K/c9-8(10,11)7-4-2-1-3-6(7)5-7;/h6H,1-5H2;/q-1;+1. The van der Waals surface area contributed by atoms with E-state index in [1.807, 2.05) is 0 Å². The van der Waals surface area contributed by atoms with E-state index in [2.05, 4.69) is 0 Å². The summed E-state index contributed by atoms with van der Waals surface area (Å²) in [6, 6.07) is 0. The molecule has 0 saturated heterocycles. The molecule has 0 amide bonds. The summed E-state index contributed by atoms with van der Waals surface area (Å²) in [5, 5.41) is -1.15. The largest absolute Gasteiger partial charge is 1.00 e. The number of rotatable bonds is 1. The van der Waals surface area contributed by atoms with E-state index in [1.54, 1.807) is 0 Å². The number of hydrogen-bond acceptors (Lipinski definition) is 0. The fourth-order valence-electron chi connectivity index (χ4n) is 2.50. The van der Waals surface area contributed by atoms with E-state index in [9.17, 15) is 12.9 Å². The van der Waals surface area contributed by atoms with Crippen molar-refractivity contribution in [1.82, 2.24) is 0 Å². The Morgan fingerprint density at radius 1 is 1.17 bits per heavy atom.